The first-order chi connectivity index (χ1) is 11.8. The lowest BCUT2D eigenvalue weighted by molar-refractivity contribution is -0.137. The molecule has 1 atom stereocenters. The Morgan fingerprint density at radius 3 is 2.16 bits per heavy atom. The van der Waals surface area contributed by atoms with E-state index in [1.54, 1.807) is 30.3 Å². The summed E-state index contributed by atoms with van der Waals surface area (Å²) in [7, 11) is 0. The first-order valence-electron chi connectivity index (χ1n) is 7.57. The van der Waals surface area contributed by atoms with Gasteiger partial charge >= 0.3 is 6.18 Å². The molecule has 2 amide bonds. The minimum absolute atomic E-state index is 0.0719. The average molecular weight is 350 g/mol. The minimum atomic E-state index is -4.39. The predicted molar refractivity (Wildman–Crippen MR) is 86.7 cm³/mol. The van der Waals surface area contributed by atoms with Gasteiger partial charge in [-0.25, -0.2) is 0 Å². The van der Waals surface area contributed by atoms with Crippen LogP contribution in [0.5, 0.6) is 0 Å². The lowest BCUT2D eigenvalue weighted by Gasteiger charge is -2.14. The van der Waals surface area contributed by atoms with Gasteiger partial charge in [0, 0.05) is 12.1 Å². The SMILES string of the molecule is CC(NC(=O)c1ccccc1)C(=O)NCc1ccc(C(F)(F)F)cc1. The van der Waals surface area contributed by atoms with E-state index in [1.807, 2.05) is 0 Å². The molecule has 0 saturated carbocycles. The molecule has 132 valence electrons. The average Bonchev–Trinajstić information content (AvgIpc) is 2.60. The summed E-state index contributed by atoms with van der Waals surface area (Å²) in [6.07, 6.45) is -4.39. The number of hydrogen-bond acceptors (Lipinski definition) is 2. The first kappa shape index (κ1) is 18.5. The second kappa shape index (κ2) is 7.83. The maximum absolute atomic E-state index is 12.5. The van der Waals surface area contributed by atoms with Crippen molar-refractivity contribution in [1.82, 2.24) is 10.6 Å². The van der Waals surface area contributed by atoms with E-state index < -0.39 is 23.7 Å². The van der Waals surface area contributed by atoms with Gasteiger partial charge in [0.2, 0.25) is 5.91 Å². The standard InChI is InChI=1S/C18H17F3N2O2/c1-12(23-17(25)14-5-3-2-4-6-14)16(24)22-11-13-7-9-15(10-8-13)18(19,20)21/h2-10,12H,11H2,1H3,(H,22,24)(H,23,25). The molecule has 2 aromatic rings. The zero-order valence-corrected chi connectivity index (χ0v) is 13.4. The highest BCUT2D eigenvalue weighted by molar-refractivity contribution is 5.97. The largest absolute Gasteiger partial charge is 0.416 e. The molecule has 0 aliphatic rings. The van der Waals surface area contributed by atoms with Crippen molar-refractivity contribution in [2.75, 3.05) is 0 Å². The summed E-state index contributed by atoms with van der Waals surface area (Å²) in [5.41, 5.74) is 0.221. The normalized spacial score (nSPS) is 12.3. The monoisotopic (exact) mass is 350 g/mol. The molecule has 4 nitrogen and oxygen atoms in total. The quantitative estimate of drug-likeness (QED) is 0.870. The summed E-state index contributed by atoms with van der Waals surface area (Å²) in [5, 5.41) is 5.14. The zero-order chi connectivity index (χ0) is 18.4. The Hall–Kier alpha value is -2.83. The van der Waals surface area contributed by atoms with Crippen LogP contribution in [-0.4, -0.2) is 17.9 Å². The molecule has 25 heavy (non-hydrogen) atoms. The highest BCUT2D eigenvalue weighted by Crippen LogP contribution is 2.29. The van der Waals surface area contributed by atoms with Gasteiger partial charge < -0.3 is 10.6 Å². The van der Waals surface area contributed by atoms with Gasteiger partial charge in [-0.1, -0.05) is 30.3 Å². The van der Waals surface area contributed by atoms with E-state index in [4.69, 9.17) is 0 Å². The second-order valence-corrected chi connectivity index (χ2v) is 5.47. The fourth-order valence-electron chi connectivity index (χ4n) is 2.09. The van der Waals surface area contributed by atoms with Gasteiger partial charge in [0.05, 0.1) is 5.56 Å². The van der Waals surface area contributed by atoms with Crippen LogP contribution < -0.4 is 10.6 Å². The summed E-state index contributed by atoms with van der Waals surface area (Å²) >= 11 is 0. The van der Waals surface area contributed by atoms with E-state index in [2.05, 4.69) is 10.6 Å². The van der Waals surface area contributed by atoms with Crippen molar-refractivity contribution in [2.24, 2.45) is 0 Å². The van der Waals surface area contributed by atoms with Crippen LogP contribution in [-0.2, 0) is 17.5 Å². The van der Waals surface area contributed by atoms with Crippen LogP contribution >= 0.6 is 0 Å². The molecule has 2 aromatic carbocycles. The molecule has 0 heterocycles. The minimum Gasteiger partial charge on any atom is -0.350 e. The Labute approximate surface area is 143 Å². The molecule has 0 aliphatic heterocycles. The van der Waals surface area contributed by atoms with Gasteiger partial charge in [0.15, 0.2) is 0 Å². The number of alkyl halides is 3. The molecule has 1 unspecified atom stereocenters. The molecule has 0 radical (unpaired) electrons. The molecule has 2 rings (SSSR count). The number of halogens is 3. The smallest absolute Gasteiger partial charge is 0.350 e. The Balaban J connectivity index is 1.86. The van der Waals surface area contributed by atoms with Gasteiger partial charge in [-0.05, 0) is 36.8 Å². The molecular formula is C18H17F3N2O2. The summed E-state index contributed by atoms with van der Waals surface area (Å²) in [5.74, 6) is -0.804. The molecule has 0 bridgehead atoms. The number of amides is 2. The van der Waals surface area contributed by atoms with Crippen LogP contribution in [0.3, 0.4) is 0 Å². The van der Waals surface area contributed by atoms with Gasteiger partial charge in [-0.3, -0.25) is 9.59 Å². The number of hydrogen-bond donors (Lipinski definition) is 2. The van der Waals surface area contributed by atoms with Crippen molar-refractivity contribution >= 4 is 11.8 Å². The number of carbonyl (C=O) groups is 2. The van der Waals surface area contributed by atoms with Crippen molar-refractivity contribution in [3.8, 4) is 0 Å². The summed E-state index contributed by atoms with van der Waals surface area (Å²) in [6, 6.07) is 12.2. The molecule has 0 fully saturated rings. The summed E-state index contributed by atoms with van der Waals surface area (Å²) in [6.45, 7) is 1.60. The maximum atomic E-state index is 12.5. The number of rotatable bonds is 5. The van der Waals surface area contributed by atoms with E-state index in [9.17, 15) is 22.8 Å². The zero-order valence-electron chi connectivity index (χ0n) is 13.4. The molecule has 2 N–H and O–H groups in total. The van der Waals surface area contributed by atoms with E-state index in [-0.39, 0.29) is 12.5 Å². The summed E-state index contributed by atoms with van der Waals surface area (Å²) in [4.78, 5) is 24.0. The predicted octanol–water partition coefficient (Wildman–Crippen LogP) is 3.14. The highest BCUT2D eigenvalue weighted by atomic mass is 19.4. The Morgan fingerprint density at radius 1 is 1.00 bits per heavy atom. The van der Waals surface area contributed by atoms with Gasteiger partial charge in [-0.2, -0.15) is 13.2 Å². The van der Waals surface area contributed by atoms with Crippen molar-refractivity contribution in [3.63, 3.8) is 0 Å². The highest BCUT2D eigenvalue weighted by Gasteiger charge is 2.29. The van der Waals surface area contributed by atoms with Crippen LogP contribution in [0.2, 0.25) is 0 Å². The van der Waals surface area contributed by atoms with E-state index in [1.165, 1.54) is 19.1 Å². The van der Waals surface area contributed by atoms with Crippen LogP contribution in [0.25, 0.3) is 0 Å². The molecule has 0 spiro atoms. The van der Waals surface area contributed by atoms with Crippen molar-refractivity contribution < 1.29 is 22.8 Å². The third-order valence-corrected chi connectivity index (χ3v) is 3.52. The first-order valence-corrected chi connectivity index (χ1v) is 7.57. The molecular weight excluding hydrogens is 333 g/mol. The van der Waals surface area contributed by atoms with E-state index >= 15 is 0 Å². The maximum Gasteiger partial charge on any atom is 0.416 e. The fourth-order valence-corrected chi connectivity index (χ4v) is 2.09. The van der Waals surface area contributed by atoms with E-state index in [0.29, 0.717) is 11.1 Å². The molecule has 0 saturated heterocycles. The van der Waals surface area contributed by atoms with Gasteiger partial charge in [0.25, 0.3) is 5.91 Å². The fraction of sp³-hybridized carbons (Fsp3) is 0.222. The second-order valence-electron chi connectivity index (χ2n) is 5.47. The summed E-state index contributed by atoms with van der Waals surface area (Å²) < 4.78 is 37.5. The van der Waals surface area contributed by atoms with Crippen molar-refractivity contribution in [3.05, 3.63) is 71.3 Å². The van der Waals surface area contributed by atoms with E-state index in [0.717, 1.165) is 12.1 Å². The van der Waals surface area contributed by atoms with Crippen LogP contribution in [0.15, 0.2) is 54.6 Å². The third kappa shape index (κ3) is 5.34. The number of carbonyl (C=O) groups excluding carboxylic acids is 2. The Kier molecular flexibility index (Phi) is 5.80. The van der Waals surface area contributed by atoms with Crippen LogP contribution in [0.1, 0.15) is 28.4 Å². The lowest BCUT2D eigenvalue weighted by Crippen LogP contribution is -2.44. The Bertz CT molecular complexity index is 728. The van der Waals surface area contributed by atoms with Crippen LogP contribution in [0.4, 0.5) is 13.2 Å². The van der Waals surface area contributed by atoms with Crippen LogP contribution in [0, 0.1) is 0 Å². The van der Waals surface area contributed by atoms with Gasteiger partial charge in [-0.15, -0.1) is 0 Å². The number of benzene rings is 2. The number of nitrogens with one attached hydrogen (secondary N) is 2. The molecule has 7 heteroatoms. The van der Waals surface area contributed by atoms with Crippen molar-refractivity contribution in [1.29, 1.82) is 0 Å². The van der Waals surface area contributed by atoms with Crippen molar-refractivity contribution in [2.45, 2.75) is 25.7 Å². The third-order valence-electron chi connectivity index (χ3n) is 3.52. The topological polar surface area (TPSA) is 58.2 Å². The Morgan fingerprint density at radius 2 is 1.60 bits per heavy atom. The van der Waals surface area contributed by atoms with Gasteiger partial charge in [0.1, 0.15) is 6.04 Å². The molecule has 0 aromatic heterocycles. The molecule has 0 aliphatic carbocycles. The lowest BCUT2D eigenvalue weighted by atomic mass is 10.1.